The molecule has 144 valence electrons. The normalized spacial score (nSPS) is 20.6. The van der Waals surface area contributed by atoms with Crippen LogP contribution in [-0.2, 0) is 16.1 Å². The number of piperidine rings is 2. The van der Waals surface area contributed by atoms with Crippen LogP contribution in [0.15, 0.2) is 18.2 Å². The number of amides is 1. The van der Waals surface area contributed by atoms with Crippen LogP contribution < -0.4 is 4.74 Å². The van der Waals surface area contributed by atoms with Crippen molar-refractivity contribution in [2.75, 3.05) is 47.0 Å². The van der Waals surface area contributed by atoms with Crippen molar-refractivity contribution in [3.63, 3.8) is 0 Å². The minimum Gasteiger partial charge on any atom is -0.494 e. The summed E-state index contributed by atoms with van der Waals surface area (Å²) in [5, 5.41) is 0. The average molecular weight is 364 g/mol. The number of benzene rings is 1. The number of hydrogen-bond donors (Lipinski definition) is 0. The predicted molar refractivity (Wildman–Crippen MR) is 97.6 cm³/mol. The summed E-state index contributed by atoms with van der Waals surface area (Å²) in [4.78, 5) is 16.5. The monoisotopic (exact) mass is 364 g/mol. The van der Waals surface area contributed by atoms with Crippen LogP contribution in [0, 0.1) is 11.2 Å². The first-order valence-electron chi connectivity index (χ1n) is 9.37. The smallest absolute Gasteiger partial charge is 0.222 e. The van der Waals surface area contributed by atoms with E-state index in [-0.39, 0.29) is 22.9 Å². The molecule has 0 aromatic heterocycles. The summed E-state index contributed by atoms with van der Waals surface area (Å²) in [5.74, 6) is 0.233. The van der Waals surface area contributed by atoms with Crippen molar-refractivity contribution in [2.45, 2.75) is 32.2 Å². The Morgan fingerprint density at radius 3 is 2.62 bits per heavy atom. The van der Waals surface area contributed by atoms with E-state index in [1.165, 1.54) is 7.11 Å². The molecule has 0 aliphatic carbocycles. The van der Waals surface area contributed by atoms with Crippen LogP contribution in [0.25, 0.3) is 0 Å². The van der Waals surface area contributed by atoms with Gasteiger partial charge in [0.2, 0.25) is 5.91 Å². The first-order chi connectivity index (χ1) is 12.5. The van der Waals surface area contributed by atoms with Crippen molar-refractivity contribution in [3.05, 3.63) is 29.6 Å². The van der Waals surface area contributed by atoms with Crippen molar-refractivity contribution in [3.8, 4) is 5.75 Å². The van der Waals surface area contributed by atoms with E-state index in [2.05, 4.69) is 4.90 Å². The lowest BCUT2D eigenvalue weighted by molar-refractivity contribution is -0.139. The molecule has 0 atom stereocenters. The molecular weight excluding hydrogens is 335 g/mol. The average Bonchev–Trinajstić information content (AvgIpc) is 2.65. The van der Waals surface area contributed by atoms with Gasteiger partial charge in [0, 0.05) is 33.2 Å². The SMILES string of the molecule is COCCN1CC2(CCC1=O)CCN(Cc1ccc(OC)c(F)c1)CC2. The first kappa shape index (κ1) is 19.1. The van der Waals surface area contributed by atoms with Crippen LogP contribution in [0.3, 0.4) is 0 Å². The molecule has 0 saturated carbocycles. The Labute approximate surface area is 155 Å². The topological polar surface area (TPSA) is 42.0 Å². The van der Waals surface area contributed by atoms with Crippen molar-refractivity contribution in [2.24, 2.45) is 5.41 Å². The molecule has 26 heavy (non-hydrogen) atoms. The fourth-order valence-electron chi connectivity index (χ4n) is 4.17. The Morgan fingerprint density at radius 2 is 1.96 bits per heavy atom. The molecule has 1 amide bonds. The molecular formula is C20H29FN2O3. The third-order valence-electron chi connectivity index (χ3n) is 5.85. The maximum Gasteiger partial charge on any atom is 0.222 e. The second kappa shape index (κ2) is 8.35. The van der Waals surface area contributed by atoms with Crippen LogP contribution in [0.2, 0.25) is 0 Å². The van der Waals surface area contributed by atoms with Crippen LogP contribution in [0.4, 0.5) is 4.39 Å². The fourth-order valence-corrected chi connectivity index (χ4v) is 4.17. The molecule has 1 spiro atoms. The molecule has 1 aromatic rings. The van der Waals surface area contributed by atoms with E-state index in [9.17, 15) is 9.18 Å². The maximum absolute atomic E-state index is 13.9. The molecule has 5 nitrogen and oxygen atoms in total. The summed E-state index contributed by atoms with van der Waals surface area (Å²) in [6, 6.07) is 5.18. The lowest BCUT2D eigenvalue weighted by Crippen LogP contribution is -2.52. The molecule has 2 aliphatic rings. The summed E-state index contributed by atoms with van der Waals surface area (Å²) in [5.41, 5.74) is 1.21. The lowest BCUT2D eigenvalue weighted by Gasteiger charge is -2.47. The van der Waals surface area contributed by atoms with Gasteiger partial charge in [-0.05, 0) is 55.5 Å². The molecule has 1 aromatic carbocycles. The zero-order valence-electron chi connectivity index (χ0n) is 15.8. The van der Waals surface area contributed by atoms with Gasteiger partial charge in [0.05, 0.1) is 13.7 Å². The standard InChI is InChI=1S/C20H29FN2O3/c1-25-12-11-23-15-20(6-5-19(23)24)7-9-22(10-8-20)14-16-3-4-18(26-2)17(21)13-16/h3-4,13H,5-12,14-15H2,1-2H3. The van der Waals surface area contributed by atoms with Crippen molar-refractivity contribution in [1.82, 2.24) is 9.80 Å². The Morgan fingerprint density at radius 1 is 1.19 bits per heavy atom. The van der Waals surface area contributed by atoms with Crippen molar-refractivity contribution in [1.29, 1.82) is 0 Å². The first-order valence-corrected chi connectivity index (χ1v) is 9.37. The molecule has 3 rings (SSSR count). The Bertz CT molecular complexity index is 629. The van der Waals surface area contributed by atoms with Crippen LogP contribution in [0.5, 0.6) is 5.75 Å². The highest BCUT2D eigenvalue weighted by Gasteiger charge is 2.40. The molecule has 2 aliphatic heterocycles. The maximum atomic E-state index is 13.9. The summed E-state index contributed by atoms with van der Waals surface area (Å²) < 4.78 is 24.0. The van der Waals surface area contributed by atoms with Gasteiger partial charge >= 0.3 is 0 Å². The van der Waals surface area contributed by atoms with Gasteiger partial charge in [0.25, 0.3) is 0 Å². The fraction of sp³-hybridized carbons (Fsp3) is 0.650. The second-order valence-electron chi connectivity index (χ2n) is 7.55. The highest BCUT2D eigenvalue weighted by atomic mass is 19.1. The molecule has 2 heterocycles. The van der Waals surface area contributed by atoms with Gasteiger partial charge in [0.15, 0.2) is 11.6 Å². The molecule has 0 N–H and O–H groups in total. The van der Waals surface area contributed by atoms with Gasteiger partial charge in [-0.1, -0.05) is 6.07 Å². The largest absolute Gasteiger partial charge is 0.494 e. The van der Waals surface area contributed by atoms with E-state index in [0.717, 1.165) is 51.0 Å². The van der Waals surface area contributed by atoms with Crippen LogP contribution in [0.1, 0.15) is 31.2 Å². The van der Waals surface area contributed by atoms with Gasteiger partial charge in [-0.15, -0.1) is 0 Å². The number of rotatable bonds is 6. The van der Waals surface area contributed by atoms with E-state index in [0.29, 0.717) is 19.6 Å². The van der Waals surface area contributed by atoms with Crippen molar-refractivity contribution < 1.29 is 18.7 Å². The Hall–Kier alpha value is -1.66. The lowest BCUT2D eigenvalue weighted by atomic mass is 9.72. The highest BCUT2D eigenvalue weighted by Crippen LogP contribution is 2.40. The summed E-state index contributed by atoms with van der Waals surface area (Å²) >= 11 is 0. The number of carbonyl (C=O) groups excluding carboxylic acids is 1. The Balaban J connectivity index is 1.55. The zero-order chi connectivity index (χ0) is 18.6. The second-order valence-corrected chi connectivity index (χ2v) is 7.55. The third-order valence-corrected chi connectivity index (χ3v) is 5.85. The quantitative estimate of drug-likeness (QED) is 0.778. The van der Waals surface area contributed by atoms with E-state index in [4.69, 9.17) is 9.47 Å². The number of methoxy groups -OCH3 is 2. The zero-order valence-corrected chi connectivity index (χ0v) is 15.8. The van der Waals surface area contributed by atoms with Crippen LogP contribution in [-0.4, -0.2) is 62.7 Å². The Kier molecular flexibility index (Phi) is 6.14. The van der Waals surface area contributed by atoms with E-state index < -0.39 is 0 Å². The van der Waals surface area contributed by atoms with Gasteiger partial charge in [-0.3, -0.25) is 9.69 Å². The molecule has 0 unspecified atom stereocenters. The van der Waals surface area contributed by atoms with E-state index in [1.54, 1.807) is 19.2 Å². The molecule has 0 radical (unpaired) electrons. The highest BCUT2D eigenvalue weighted by molar-refractivity contribution is 5.77. The number of ether oxygens (including phenoxy) is 2. The van der Waals surface area contributed by atoms with Gasteiger partial charge < -0.3 is 14.4 Å². The summed E-state index contributed by atoms with van der Waals surface area (Å²) in [6.07, 6.45) is 3.80. The van der Waals surface area contributed by atoms with Crippen molar-refractivity contribution >= 4 is 5.91 Å². The van der Waals surface area contributed by atoms with E-state index >= 15 is 0 Å². The minimum atomic E-state index is -0.307. The number of hydrogen-bond acceptors (Lipinski definition) is 4. The number of likely N-dealkylation sites (tertiary alicyclic amines) is 2. The van der Waals surface area contributed by atoms with Gasteiger partial charge in [-0.25, -0.2) is 4.39 Å². The number of carbonyl (C=O) groups is 1. The minimum absolute atomic E-state index is 0.239. The molecule has 6 heteroatoms. The molecule has 2 fully saturated rings. The predicted octanol–water partition coefficient (Wildman–Crippen LogP) is 2.69. The summed E-state index contributed by atoms with van der Waals surface area (Å²) in [7, 11) is 3.15. The molecule has 2 saturated heterocycles. The van der Waals surface area contributed by atoms with Crippen LogP contribution >= 0.6 is 0 Å². The number of nitrogens with zero attached hydrogens (tertiary/aromatic N) is 2. The third kappa shape index (κ3) is 4.35. The summed E-state index contributed by atoms with van der Waals surface area (Å²) in [6.45, 7) is 4.85. The molecule has 0 bridgehead atoms. The van der Waals surface area contributed by atoms with E-state index in [1.807, 2.05) is 11.0 Å². The number of halogens is 1. The van der Waals surface area contributed by atoms with Gasteiger partial charge in [0.1, 0.15) is 0 Å². The van der Waals surface area contributed by atoms with Gasteiger partial charge in [-0.2, -0.15) is 0 Å².